The number of hydrogen-bond acceptors (Lipinski definition) is 3. The zero-order valence-electron chi connectivity index (χ0n) is 15.4. The van der Waals surface area contributed by atoms with E-state index in [1.54, 1.807) is 24.3 Å². The molecule has 0 saturated carbocycles. The summed E-state index contributed by atoms with van der Waals surface area (Å²) < 4.78 is 5.23. The zero-order chi connectivity index (χ0) is 18.8. The van der Waals surface area contributed by atoms with Crippen LogP contribution in [0.4, 0.5) is 10.5 Å². The van der Waals surface area contributed by atoms with Crippen molar-refractivity contribution in [3.63, 3.8) is 0 Å². The summed E-state index contributed by atoms with van der Waals surface area (Å²) in [6.07, 6.45) is 2.52. The van der Waals surface area contributed by atoms with E-state index in [0.717, 1.165) is 24.8 Å². The van der Waals surface area contributed by atoms with Crippen molar-refractivity contribution in [1.29, 1.82) is 0 Å². The lowest BCUT2D eigenvalue weighted by Gasteiger charge is -2.12. The van der Waals surface area contributed by atoms with Gasteiger partial charge < -0.3 is 15.4 Å². The molecule has 5 nitrogen and oxygen atoms in total. The number of esters is 1. The first-order chi connectivity index (χ1) is 12.6. The normalized spacial score (nSPS) is 10.2. The third-order valence-corrected chi connectivity index (χ3v) is 3.95. The molecule has 0 saturated heterocycles. The fraction of sp³-hybridized carbons (Fsp3) is 0.333. The summed E-state index contributed by atoms with van der Waals surface area (Å²) in [6.45, 7) is 4.97. The second-order valence-electron chi connectivity index (χ2n) is 6.15. The van der Waals surface area contributed by atoms with Gasteiger partial charge in [-0.2, -0.15) is 0 Å². The second kappa shape index (κ2) is 10.2. The van der Waals surface area contributed by atoms with Gasteiger partial charge in [0.05, 0.1) is 17.9 Å². The molecule has 5 heteroatoms. The highest BCUT2D eigenvalue weighted by Crippen LogP contribution is 2.16. The lowest BCUT2D eigenvalue weighted by molar-refractivity contribution is 0.0501. The molecule has 0 aliphatic carbocycles. The molecule has 2 aromatic carbocycles. The van der Waals surface area contributed by atoms with Crippen molar-refractivity contribution >= 4 is 17.7 Å². The number of ether oxygens (including phenoxy) is 1. The summed E-state index contributed by atoms with van der Waals surface area (Å²) in [4.78, 5) is 24.3. The van der Waals surface area contributed by atoms with Crippen molar-refractivity contribution in [3.05, 3.63) is 65.2 Å². The van der Waals surface area contributed by atoms with Gasteiger partial charge >= 0.3 is 12.0 Å². The maximum absolute atomic E-state index is 12.2. The summed E-state index contributed by atoms with van der Waals surface area (Å²) in [6, 6.07) is 14.7. The fourth-order valence-electron chi connectivity index (χ4n) is 2.40. The van der Waals surface area contributed by atoms with Crippen molar-refractivity contribution in [1.82, 2.24) is 5.32 Å². The van der Waals surface area contributed by atoms with Gasteiger partial charge in [-0.3, -0.25) is 0 Å². The van der Waals surface area contributed by atoms with Crippen LogP contribution in [0.5, 0.6) is 0 Å². The second-order valence-corrected chi connectivity index (χ2v) is 6.15. The number of para-hydroxylation sites is 1. The van der Waals surface area contributed by atoms with Gasteiger partial charge in [0.1, 0.15) is 0 Å². The van der Waals surface area contributed by atoms with Gasteiger partial charge in [0.2, 0.25) is 0 Å². The third kappa shape index (κ3) is 6.24. The zero-order valence-corrected chi connectivity index (χ0v) is 15.4. The lowest BCUT2D eigenvalue weighted by Crippen LogP contribution is -2.31. The maximum Gasteiger partial charge on any atom is 0.340 e. The van der Waals surface area contributed by atoms with Crippen molar-refractivity contribution in [3.8, 4) is 0 Å². The fourth-order valence-corrected chi connectivity index (χ4v) is 2.40. The van der Waals surface area contributed by atoms with E-state index in [-0.39, 0.29) is 6.03 Å². The molecule has 2 aromatic rings. The molecule has 0 heterocycles. The Kier molecular flexibility index (Phi) is 7.68. The van der Waals surface area contributed by atoms with Crippen LogP contribution in [0, 0.1) is 6.92 Å². The van der Waals surface area contributed by atoms with Crippen LogP contribution in [0.15, 0.2) is 48.5 Å². The van der Waals surface area contributed by atoms with E-state index in [9.17, 15) is 9.59 Å². The molecule has 0 spiro atoms. The highest BCUT2D eigenvalue weighted by atomic mass is 16.5. The molecule has 0 aliphatic rings. The predicted octanol–water partition coefficient (Wildman–Crippen LogP) is 4.32. The molecule has 138 valence electrons. The summed E-state index contributed by atoms with van der Waals surface area (Å²) in [5, 5.41) is 5.54. The number of amides is 2. The Morgan fingerprint density at radius 2 is 1.77 bits per heavy atom. The molecule has 2 N–H and O–H groups in total. The summed E-state index contributed by atoms with van der Waals surface area (Å²) in [5.74, 6) is -0.422. The van der Waals surface area contributed by atoms with E-state index >= 15 is 0 Å². The average Bonchev–Trinajstić information content (AvgIpc) is 2.64. The standard InChI is InChI=1S/C21H26N2O3/c1-3-4-15-26-20(24)18-7-5-6-8-19(18)23-21(25)22-14-13-17-11-9-16(2)10-12-17/h5-12H,3-4,13-15H2,1-2H3,(H2,22,23,25). The molecule has 0 bridgehead atoms. The lowest BCUT2D eigenvalue weighted by atomic mass is 10.1. The monoisotopic (exact) mass is 354 g/mol. The van der Waals surface area contributed by atoms with Crippen LogP contribution in [0.3, 0.4) is 0 Å². The number of nitrogens with one attached hydrogen (secondary N) is 2. The first-order valence-electron chi connectivity index (χ1n) is 8.96. The van der Waals surface area contributed by atoms with Crippen LogP contribution in [-0.4, -0.2) is 25.2 Å². The van der Waals surface area contributed by atoms with Crippen molar-refractivity contribution in [2.24, 2.45) is 0 Å². The number of urea groups is 1. The third-order valence-electron chi connectivity index (χ3n) is 3.95. The average molecular weight is 354 g/mol. The minimum absolute atomic E-state index is 0.342. The molecule has 26 heavy (non-hydrogen) atoms. The Balaban J connectivity index is 1.86. The Labute approximate surface area is 154 Å². The molecule has 0 fully saturated rings. The van der Waals surface area contributed by atoms with E-state index in [1.165, 1.54) is 5.56 Å². The molecular weight excluding hydrogens is 328 g/mol. The number of benzene rings is 2. The summed E-state index contributed by atoms with van der Waals surface area (Å²) in [7, 11) is 0. The number of carbonyl (C=O) groups excluding carboxylic acids is 2. The van der Waals surface area contributed by atoms with Crippen LogP contribution >= 0.6 is 0 Å². The number of rotatable bonds is 8. The van der Waals surface area contributed by atoms with Crippen LogP contribution in [0.2, 0.25) is 0 Å². The van der Waals surface area contributed by atoms with Gasteiger partial charge in [-0.25, -0.2) is 9.59 Å². The number of unbranched alkanes of at least 4 members (excludes halogenated alkanes) is 1. The maximum atomic E-state index is 12.2. The van der Waals surface area contributed by atoms with E-state index in [0.29, 0.717) is 24.4 Å². The van der Waals surface area contributed by atoms with Crippen LogP contribution in [0.25, 0.3) is 0 Å². The van der Waals surface area contributed by atoms with Crippen LogP contribution < -0.4 is 10.6 Å². The van der Waals surface area contributed by atoms with Crippen molar-refractivity contribution in [2.75, 3.05) is 18.5 Å². The topological polar surface area (TPSA) is 67.4 Å². The molecule has 0 unspecified atom stereocenters. The van der Waals surface area contributed by atoms with E-state index in [1.807, 2.05) is 13.8 Å². The molecule has 0 radical (unpaired) electrons. The molecule has 2 amide bonds. The van der Waals surface area contributed by atoms with Crippen LogP contribution in [-0.2, 0) is 11.2 Å². The van der Waals surface area contributed by atoms with E-state index < -0.39 is 5.97 Å². The Morgan fingerprint density at radius 1 is 1.04 bits per heavy atom. The molecular formula is C21H26N2O3. The highest BCUT2D eigenvalue weighted by molar-refractivity contribution is 6.00. The van der Waals surface area contributed by atoms with Gasteiger partial charge in [0.15, 0.2) is 0 Å². The van der Waals surface area contributed by atoms with Gasteiger partial charge in [-0.05, 0) is 37.5 Å². The number of anilines is 1. The number of carbonyl (C=O) groups is 2. The van der Waals surface area contributed by atoms with E-state index in [4.69, 9.17) is 4.74 Å². The molecule has 0 aliphatic heterocycles. The highest BCUT2D eigenvalue weighted by Gasteiger charge is 2.14. The summed E-state index contributed by atoms with van der Waals surface area (Å²) in [5.41, 5.74) is 3.18. The SMILES string of the molecule is CCCCOC(=O)c1ccccc1NC(=O)NCCc1ccc(C)cc1. The Hall–Kier alpha value is -2.82. The Morgan fingerprint density at radius 3 is 2.50 bits per heavy atom. The van der Waals surface area contributed by atoms with Crippen LogP contribution in [0.1, 0.15) is 41.3 Å². The smallest absolute Gasteiger partial charge is 0.340 e. The minimum atomic E-state index is -0.422. The van der Waals surface area contributed by atoms with Crippen molar-refractivity contribution in [2.45, 2.75) is 33.1 Å². The molecule has 2 rings (SSSR count). The largest absolute Gasteiger partial charge is 0.462 e. The van der Waals surface area contributed by atoms with Gasteiger partial charge in [0, 0.05) is 6.54 Å². The van der Waals surface area contributed by atoms with Gasteiger partial charge in [-0.15, -0.1) is 0 Å². The van der Waals surface area contributed by atoms with Gasteiger partial charge in [-0.1, -0.05) is 55.3 Å². The van der Waals surface area contributed by atoms with E-state index in [2.05, 4.69) is 34.9 Å². The van der Waals surface area contributed by atoms with Crippen molar-refractivity contribution < 1.29 is 14.3 Å². The molecule has 0 atom stereocenters. The molecule has 0 aromatic heterocycles. The quantitative estimate of drug-likeness (QED) is 0.548. The number of hydrogen-bond donors (Lipinski definition) is 2. The summed E-state index contributed by atoms with van der Waals surface area (Å²) >= 11 is 0. The van der Waals surface area contributed by atoms with Gasteiger partial charge in [0.25, 0.3) is 0 Å². The first-order valence-corrected chi connectivity index (χ1v) is 8.96. The Bertz CT molecular complexity index is 726. The predicted molar refractivity (Wildman–Crippen MR) is 104 cm³/mol. The first kappa shape index (κ1) is 19.5. The minimum Gasteiger partial charge on any atom is -0.462 e. The number of aryl methyl sites for hydroxylation is 1.